The summed E-state index contributed by atoms with van der Waals surface area (Å²) in [6.45, 7) is 4.98. The number of ether oxygens (including phenoxy) is 1. The Hall–Kier alpha value is -2.00. The zero-order chi connectivity index (χ0) is 15.4. The molecule has 2 aromatic rings. The summed E-state index contributed by atoms with van der Waals surface area (Å²) in [7, 11) is 3.78. The van der Waals surface area contributed by atoms with Crippen molar-refractivity contribution in [2.75, 3.05) is 19.1 Å². The van der Waals surface area contributed by atoms with Crippen molar-refractivity contribution in [1.29, 1.82) is 0 Å². The van der Waals surface area contributed by atoms with Crippen LogP contribution in [-0.4, -0.2) is 14.2 Å². The van der Waals surface area contributed by atoms with E-state index >= 15 is 0 Å². The van der Waals surface area contributed by atoms with Crippen molar-refractivity contribution in [2.24, 2.45) is 5.73 Å². The molecule has 0 aliphatic rings. The zero-order valence-corrected chi connectivity index (χ0v) is 13.3. The number of aryl methyl sites for hydroxylation is 1. The van der Waals surface area contributed by atoms with Gasteiger partial charge < -0.3 is 15.4 Å². The van der Waals surface area contributed by atoms with E-state index in [1.54, 1.807) is 7.11 Å². The quantitative estimate of drug-likeness (QED) is 0.910. The largest absolute Gasteiger partial charge is 0.496 e. The van der Waals surface area contributed by atoms with E-state index < -0.39 is 0 Å². The van der Waals surface area contributed by atoms with Crippen molar-refractivity contribution >= 4 is 5.69 Å². The van der Waals surface area contributed by atoms with Crippen LogP contribution in [0.5, 0.6) is 5.75 Å². The van der Waals surface area contributed by atoms with Gasteiger partial charge in [0.25, 0.3) is 0 Å². The maximum absolute atomic E-state index is 6.15. The smallest absolute Gasteiger partial charge is 0.125 e. The molecule has 0 amide bonds. The fourth-order valence-electron chi connectivity index (χ4n) is 2.63. The van der Waals surface area contributed by atoms with Crippen LogP contribution in [0.25, 0.3) is 0 Å². The predicted molar refractivity (Wildman–Crippen MR) is 88.9 cm³/mol. The molecule has 0 saturated carbocycles. The first-order chi connectivity index (χ1) is 10.0. The molecule has 3 nitrogen and oxygen atoms in total. The summed E-state index contributed by atoms with van der Waals surface area (Å²) >= 11 is 0. The number of benzene rings is 2. The van der Waals surface area contributed by atoms with Crippen molar-refractivity contribution in [3.8, 4) is 5.75 Å². The first-order valence-corrected chi connectivity index (χ1v) is 7.22. The molecule has 21 heavy (non-hydrogen) atoms. The Morgan fingerprint density at radius 1 is 1.14 bits per heavy atom. The van der Waals surface area contributed by atoms with Crippen molar-refractivity contribution in [2.45, 2.75) is 26.4 Å². The Morgan fingerprint density at radius 3 is 2.48 bits per heavy atom. The van der Waals surface area contributed by atoms with E-state index in [0.29, 0.717) is 0 Å². The molecule has 2 N–H and O–H groups in total. The number of hydrogen-bond acceptors (Lipinski definition) is 3. The number of rotatable bonds is 5. The molecule has 0 aromatic heterocycles. The molecule has 0 aliphatic heterocycles. The molecule has 1 atom stereocenters. The highest BCUT2D eigenvalue weighted by Gasteiger charge is 2.16. The molecular weight excluding hydrogens is 260 g/mol. The van der Waals surface area contributed by atoms with Crippen LogP contribution in [0, 0.1) is 6.92 Å². The van der Waals surface area contributed by atoms with Crippen molar-refractivity contribution in [3.63, 3.8) is 0 Å². The summed E-state index contributed by atoms with van der Waals surface area (Å²) in [4.78, 5) is 2.23. The maximum atomic E-state index is 6.15. The Bertz CT molecular complexity index is 608. The van der Waals surface area contributed by atoms with Gasteiger partial charge in [0.05, 0.1) is 7.11 Å². The number of hydrogen-bond donors (Lipinski definition) is 1. The molecule has 3 heteroatoms. The van der Waals surface area contributed by atoms with E-state index in [-0.39, 0.29) is 6.04 Å². The van der Waals surface area contributed by atoms with Crippen molar-refractivity contribution in [1.82, 2.24) is 0 Å². The summed E-state index contributed by atoms with van der Waals surface area (Å²) in [5, 5.41) is 0. The molecule has 112 valence electrons. The summed E-state index contributed by atoms with van der Waals surface area (Å²) in [5.74, 6) is 0.846. The minimum atomic E-state index is -0.0736. The summed E-state index contributed by atoms with van der Waals surface area (Å²) in [6.07, 6.45) is 0. The second-order valence-electron chi connectivity index (χ2n) is 5.46. The van der Waals surface area contributed by atoms with Gasteiger partial charge in [-0.05, 0) is 37.1 Å². The van der Waals surface area contributed by atoms with E-state index in [0.717, 1.165) is 23.5 Å². The van der Waals surface area contributed by atoms with Crippen LogP contribution in [0.1, 0.15) is 29.7 Å². The Balaban J connectivity index is 2.35. The predicted octanol–water partition coefficient (Wildman–Crippen LogP) is 3.66. The SMILES string of the molecule is COc1cccc(N(C)Cc2ccccc2C)c1[C@@H](C)N. The fourth-order valence-corrected chi connectivity index (χ4v) is 2.63. The summed E-state index contributed by atoms with van der Waals surface area (Å²) < 4.78 is 5.46. The van der Waals surface area contributed by atoms with Gasteiger partial charge in [-0.3, -0.25) is 0 Å². The van der Waals surface area contributed by atoms with Crippen molar-refractivity contribution in [3.05, 3.63) is 59.2 Å². The lowest BCUT2D eigenvalue weighted by atomic mass is 10.0. The molecule has 0 unspecified atom stereocenters. The second-order valence-corrected chi connectivity index (χ2v) is 5.46. The number of nitrogens with zero attached hydrogens (tertiary/aromatic N) is 1. The lowest BCUT2D eigenvalue weighted by molar-refractivity contribution is 0.407. The highest BCUT2D eigenvalue weighted by Crippen LogP contribution is 2.33. The van der Waals surface area contributed by atoms with Gasteiger partial charge in [-0.25, -0.2) is 0 Å². The van der Waals surface area contributed by atoms with Gasteiger partial charge in [-0.2, -0.15) is 0 Å². The second kappa shape index (κ2) is 6.64. The minimum Gasteiger partial charge on any atom is -0.496 e. The lowest BCUT2D eigenvalue weighted by Gasteiger charge is -2.26. The number of anilines is 1. The van der Waals surface area contributed by atoms with Crippen molar-refractivity contribution < 1.29 is 4.74 Å². The number of methoxy groups -OCH3 is 1. The fraction of sp³-hybridized carbons (Fsp3) is 0.333. The lowest BCUT2D eigenvalue weighted by Crippen LogP contribution is -2.21. The summed E-state index contributed by atoms with van der Waals surface area (Å²) in [6, 6.07) is 14.4. The topological polar surface area (TPSA) is 38.5 Å². The van der Waals surface area contributed by atoms with Crippen LogP contribution in [0.3, 0.4) is 0 Å². The molecule has 0 spiro atoms. The molecule has 2 aromatic carbocycles. The Kier molecular flexibility index (Phi) is 4.86. The average molecular weight is 284 g/mol. The average Bonchev–Trinajstić information content (AvgIpc) is 2.48. The third-order valence-electron chi connectivity index (χ3n) is 3.80. The van der Waals surface area contributed by atoms with Gasteiger partial charge in [0, 0.05) is 30.9 Å². The molecule has 0 heterocycles. The van der Waals surface area contributed by atoms with Crippen LogP contribution < -0.4 is 15.4 Å². The number of nitrogens with two attached hydrogens (primary N) is 1. The van der Waals surface area contributed by atoms with Crippen LogP contribution in [0.4, 0.5) is 5.69 Å². The van der Waals surface area contributed by atoms with Gasteiger partial charge in [-0.15, -0.1) is 0 Å². The third-order valence-corrected chi connectivity index (χ3v) is 3.80. The van der Waals surface area contributed by atoms with E-state index in [1.165, 1.54) is 11.1 Å². The van der Waals surface area contributed by atoms with Gasteiger partial charge in [0.15, 0.2) is 0 Å². The molecular formula is C18H24N2O. The zero-order valence-electron chi connectivity index (χ0n) is 13.3. The summed E-state index contributed by atoms with van der Waals surface area (Å²) in [5.41, 5.74) is 10.9. The normalized spacial score (nSPS) is 12.0. The highest BCUT2D eigenvalue weighted by atomic mass is 16.5. The van der Waals surface area contributed by atoms with Crippen LogP contribution in [0.2, 0.25) is 0 Å². The molecule has 0 fully saturated rings. The minimum absolute atomic E-state index is 0.0736. The first kappa shape index (κ1) is 15.4. The Labute approximate surface area is 127 Å². The van der Waals surface area contributed by atoms with Gasteiger partial charge in [-0.1, -0.05) is 30.3 Å². The van der Waals surface area contributed by atoms with Gasteiger partial charge in [0.2, 0.25) is 0 Å². The standard InChI is InChI=1S/C18H24N2O/c1-13-8-5-6-9-15(13)12-20(3)16-10-7-11-17(21-4)18(16)14(2)19/h5-11,14H,12,19H2,1-4H3/t14-/m1/s1. The van der Waals surface area contributed by atoms with Crippen LogP contribution in [-0.2, 0) is 6.54 Å². The van der Waals surface area contributed by atoms with Gasteiger partial charge >= 0.3 is 0 Å². The van der Waals surface area contributed by atoms with E-state index in [4.69, 9.17) is 10.5 Å². The molecule has 0 bridgehead atoms. The molecule has 0 aliphatic carbocycles. The van der Waals surface area contributed by atoms with Crippen LogP contribution in [0.15, 0.2) is 42.5 Å². The first-order valence-electron chi connectivity index (χ1n) is 7.22. The van der Waals surface area contributed by atoms with E-state index in [2.05, 4.69) is 49.2 Å². The molecule has 0 saturated heterocycles. The molecule has 0 radical (unpaired) electrons. The highest BCUT2D eigenvalue weighted by molar-refractivity contribution is 5.60. The Morgan fingerprint density at radius 2 is 1.86 bits per heavy atom. The van der Waals surface area contributed by atoms with Crippen LogP contribution >= 0.6 is 0 Å². The third kappa shape index (κ3) is 3.37. The van der Waals surface area contributed by atoms with E-state index in [1.807, 2.05) is 19.1 Å². The maximum Gasteiger partial charge on any atom is 0.125 e. The van der Waals surface area contributed by atoms with Gasteiger partial charge in [0.1, 0.15) is 5.75 Å². The monoisotopic (exact) mass is 284 g/mol. The van der Waals surface area contributed by atoms with E-state index in [9.17, 15) is 0 Å². The molecule has 2 rings (SSSR count).